The molecule has 1 aliphatic heterocycles. The molecule has 1 saturated carbocycles. The van der Waals surface area contributed by atoms with E-state index in [1.807, 2.05) is 25.1 Å². The normalized spacial score (nSPS) is 21.7. The van der Waals surface area contributed by atoms with Crippen molar-refractivity contribution < 1.29 is 14.6 Å². The van der Waals surface area contributed by atoms with Gasteiger partial charge in [-0.2, -0.15) is 5.10 Å². The average Bonchev–Trinajstić information content (AvgIpc) is 2.85. The van der Waals surface area contributed by atoms with Gasteiger partial charge in [-0.15, -0.1) is 5.10 Å². The van der Waals surface area contributed by atoms with E-state index in [4.69, 9.17) is 4.74 Å². The molecule has 178 valence electrons. The first-order chi connectivity index (χ1) is 16.0. The number of amides is 1. The van der Waals surface area contributed by atoms with Gasteiger partial charge >= 0.3 is 0 Å². The zero-order valence-corrected chi connectivity index (χ0v) is 20.0. The molecule has 2 aromatic rings. The van der Waals surface area contributed by atoms with E-state index in [1.54, 1.807) is 4.90 Å². The molecule has 1 aliphatic carbocycles. The minimum absolute atomic E-state index is 0.0654. The van der Waals surface area contributed by atoms with Crippen LogP contribution >= 0.6 is 0 Å². The number of aliphatic hydroxyl groups excluding tert-OH is 1. The van der Waals surface area contributed by atoms with Gasteiger partial charge in [-0.25, -0.2) is 0 Å². The van der Waals surface area contributed by atoms with Crippen molar-refractivity contribution in [3.8, 4) is 16.9 Å². The van der Waals surface area contributed by atoms with Crippen molar-refractivity contribution in [2.24, 2.45) is 5.92 Å². The maximum atomic E-state index is 13.2. The summed E-state index contributed by atoms with van der Waals surface area (Å²) < 4.78 is 6.19. The number of carbonyl (C=O) groups excluding carboxylic acids is 1. The molecule has 6 heteroatoms. The number of nitrogens with zero attached hydrogens (tertiary/aromatic N) is 3. The first-order valence-electron chi connectivity index (χ1n) is 12.7. The number of rotatable bonds is 7. The van der Waals surface area contributed by atoms with Crippen molar-refractivity contribution in [1.82, 2.24) is 15.1 Å². The number of aliphatic hydroxyl groups is 1. The van der Waals surface area contributed by atoms with Crippen molar-refractivity contribution in [1.29, 1.82) is 0 Å². The summed E-state index contributed by atoms with van der Waals surface area (Å²) in [7, 11) is 0. The fourth-order valence-corrected chi connectivity index (χ4v) is 4.87. The molecule has 33 heavy (non-hydrogen) atoms. The van der Waals surface area contributed by atoms with Crippen LogP contribution in [0.2, 0.25) is 0 Å². The fraction of sp³-hybridized carbons (Fsp3) is 0.593. The molecule has 1 aromatic heterocycles. The van der Waals surface area contributed by atoms with Gasteiger partial charge in [-0.1, -0.05) is 38.8 Å². The zero-order valence-electron chi connectivity index (χ0n) is 20.0. The summed E-state index contributed by atoms with van der Waals surface area (Å²) in [4.78, 5) is 14.9. The first kappa shape index (κ1) is 23.7. The van der Waals surface area contributed by atoms with Gasteiger partial charge in [-0.05, 0) is 74.6 Å². The number of piperidine rings is 1. The summed E-state index contributed by atoms with van der Waals surface area (Å²) in [5.74, 6) is 0.859. The van der Waals surface area contributed by atoms with Gasteiger partial charge in [0.05, 0.1) is 17.9 Å². The number of hydrogen-bond donors (Lipinski definition) is 1. The molecular formula is C27H37N3O3. The molecule has 2 fully saturated rings. The van der Waals surface area contributed by atoms with E-state index in [0.717, 1.165) is 54.7 Å². The van der Waals surface area contributed by atoms with Crippen molar-refractivity contribution in [2.75, 3.05) is 13.1 Å². The molecule has 0 radical (unpaired) electrons. The summed E-state index contributed by atoms with van der Waals surface area (Å²) in [5.41, 5.74) is 3.30. The standard InChI is InChI=1S/C27H37N3O3/c1-3-4-10-24-23(20-11-13-22(14-12-20)33-21-8-6-5-7-9-21)17-25(29-28-24)27(32)30-16-15-26(31)19(2)18-30/h11-14,17,19,21,26,31H,3-10,15-16,18H2,1-2H3. The van der Waals surface area contributed by atoms with Crippen LogP contribution in [0.25, 0.3) is 11.1 Å². The summed E-state index contributed by atoms with van der Waals surface area (Å²) in [5, 5.41) is 18.8. The number of hydrogen-bond acceptors (Lipinski definition) is 5. The topological polar surface area (TPSA) is 75.6 Å². The second kappa shape index (κ2) is 11.1. The van der Waals surface area contributed by atoms with Crippen LogP contribution in [-0.4, -0.2) is 51.4 Å². The van der Waals surface area contributed by atoms with Gasteiger partial charge in [0, 0.05) is 18.7 Å². The van der Waals surface area contributed by atoms with E-state index in [9.17, 15) is 9.90 Å². The van der Waals surface area contributed by atoms with Gasteiger partial charge in [-0.3, -0.25) is 4.79 Å². The van der Waals surface area contributed by atoms with Crippen LogP contribution in [0.3, 0.4) is 0 Å². The number of unbranched alkanes of at least 4 members (excludes halogenated alkanes) is 1. The third-order valence-corrected chi connectivity index (χ3v) is 7.02. The molecule has 0 spiro atoms. The lowest BCUT2D eigenvalue weighted by molar-refractivity contribution is 0.0293. The molecular weight excluding hydrogens is 414 g/mol. The van der Waals surface area contributed by atoms with Crippen LogP contribution in [0.1, 0.15) is 81.4 Å². The fourth-order valence-electron chi connectivity index (χ4n) is 4.87. The highest BCUT2D eigenvalue weighted by molar-refractivity contribution is 5.93. The first-order valence-corrected chi connectivity index (χ1v) is 12.7. The van der Waals surface area contributed by atoms with Crippen LogP contribution in [0, 0.1) is 5.92 Å². The molecule has 1 N–H and O–H groups in total. The Balaban J connectivity index is 1.55. The lowest BCUT2D eigenvalue weighted by Gasteiger charge is -2.34. The Labute approximate surface area is 197 Å². The second-order valence-electron chi connectivity index (χ2n) is 9.68. The largest absolute Gasteiger partial charge is 0.490 e. The van der Waals surface area contributed by atoms with Crippen LogP contribution in [-0.2, 0) is 6.42 Å². The van der Waals surface area contributed by atoms with Crippen LogP contribution < -0.4 is 4.74 Å². The molecule has 1 saturated heterocycles. The van der Waals surface area contributed by atoms with E-state index < -0.39 is 0 Å². The number of aromatic nitrogens is 2. The summed E-state index contributed by atoms with van der Waals surface area (Å²) in [6.45, 7) is 5.23. The van der Waals surface area contributed by atoms with Gasteiger partial charge in [0.2, 0.25) is 0 Å². The van der Waals surface area contributed by atoms with Crippen molar-refractivity contribution in [3.63, 3.8) is 0 Å². The zero-order chi connectivity index (χ0) is 23.2. The maximum Gasteiger partial charge on any atom is 0.274 e. The highest BCUT2D eigenvalue weighted by Gasteiger charge is 2.29. The second-order valence-corrected chi connectivity index (χ2v) is 9.68. The van der Waals surface area contributed by atoms with E-state index in [2.05, 4.69) is 29.3 Å². The van der Waals surface area contributed by atoms with E-state index in [-0.39, 0.29) is 17.9 Å². The Morgan fingerprint density at radius 2 is 1.88 bits per heavy atom. The Morgan fingerprint density at radius 1 is 1.12 bits per heavy atom. The minimum atomic E-state index is -0.346. The van der Waals surface area contributed by atoms with Crippen molar-refractivity contribution in [3.05, 3.63) is 41.7 Å². The quantitative estimate of drug-likeness (QED) is 0.638. The van der Waals surface area contributed by atoms with Crippen LogP contribution in [0.5, 0.6) is 5.75 Å². The number of likely N-dealkylation sites (tertiary alicyclic amines) is 1. The third-order valence-electron chi connectivity index (χ3n) is 7.02. The molecule has 1 amide bonds. The predicted octanol–water partition coefficient (Wildman–Crippen LogP) is 5.04. The summed E-state index contributed by atoms with van der Waals surface area (Å²) >= 11 is 0. The summed E-state index contributed by atoms with van der Waals surface area (Å²) in [6, 6.07) is 10.1. The molecule has 1 aromatic carbocycles. The minimum Gasteiger partial charge on any atom is -0.490 e. The predicted molar refractivity (Wildman–Crippen MR) is 129 cm³/mol. The van der Waals surface area contributed by atoms with Crippen LogP contribution in [0.4, 0.5) is 0 Å². The molecule has 0 bridgehead atoms. The monoisotopic (exact) mass is 451 g/mol. The lowest BCUT2D eigenvalue weighted by atomic mass is 9.96. The Morgan fingerprint density at radius 3 is 2.58 bits per heavy atom. The number of aryl methyl sites for hydroxylation is 1. The summed E-state index contributed by atoms with van der Waals surface area (Å²) in [6.07, 6.45) is 9.59. The highest BCUT2D eigenvalue weighted by atomic mass is 16.5. The molecule has 6 nitrogen and oxygen atoms in total. The molecule has 2 heterocycles. The van der Waals surface area contributed by atoms with Gasteiger partial charge < -0.3 is 14.7 Å². The number of ether oxygens (including phenoxy) is 1. The van der Waals surface area contributed by atoms with Gasteiger partial charge in [0.15, 0.2) is 5.69 Å². The molecule has 2 unspecified atom stereocenters. The van der Waals surface area contributed by atoms with Crippen molar-refractivity contribution >= 4 is 5.91 Å². The number of carbonyl (C=O) groups is 1. The van der Waals surface area contributed by atoms with Crippen LogP contribution in [0.15, 0.2) is 30.3 Å². The molecule has 2 aliphatic rings. The van der Waals surface area contributed by atoms with E-state index in [0.29, 0.717) is 31.3 Å². The van der Waals surface area contributed by atoms with Crippen molar-refractivity contribution in [2.45, 2.75) is 83.8 Å². The Kier molecular flexibility index (Phi) is 7.97. The van der Waals surface area contributed by atoms with Gasteiger partial charge in [0.1, 0.15) is 5.75 Å². The highest BCUT2D eigenvalue weighted by Crippen LogP contribution is 2.29. The van der Waals surface area contributed by atoms with Gasteiger partial charge in [0.25, 0.3) is 5.91 Å². The SMILES string of the molecule is CCCCc1nnc(C(=O)N2CCC(O)C(C)C2)cc1-c1ccc(OC2CCCCC2)cc1. The smallest absolute Gasteiger partial charge is 0.274 e. The number of benzene rings is 1. The lowest BCUT2D eigenvalue weighted by Crippen LogP contribution is -2.45. The third kappa shape index (κ3) is 5.91. The Bertz CT molecular complexity index is 925. The maximum absolute atomic E-state index is 13.2. The average molecular weight is 452 g/mol. The van der Waals surface area contributed by atoms with E-state index in [1.165, 1.54) is 19.3 Å². The Hall–Kier alpha value is -2.47. The molecule has 2 atom stereocenters. The molecule has 4 rings (SSSR count). The van der Waals surface area contributed by atoms with E-state index >= 15 is 0 Å².